The maximum atomic E-state index is 13.4. The number of carboxylic acid groups (broad SMARTS) is 1. The van der Waals surface area contributed by atoms with Crippen LogP contribution in [-0.2, 0) is 0 Å². The summed E-state index contributed by atoms with van der Waals surface area (Å²) < 4.78 is 19.0. The van der Waals surface area contributed by atoms with Crippen molar-refractivity contribution in [2.75, 3.05) is 0 Å². The number of benzene rings is 1. The Hall–Kier alpha value is -1.96. The van der Waals surface area contributed by atoms with Crippen LogP contribution < -0.4 is 4.74 Å². The number of carbonyl (C=O) groups is 1. The smallest absolute Gasteiger partial charge is 0.362 e. The Morgan fingerprint density at radius 1 is 1.53 bits per heavy atom. The molecule has 0 atom stereocenters. The van der Waals surface area contributed by atoms with Gasteiger partial charge >= 0.3 is 5.97 Å². The number of carboxylic acids is 1. The van der Waals surface area contributed by atoms with Crippen molar-refractivity contribution < 1.29 is 19.0 Å². The lowest BCUT2D eigenvalue weighted by Gasteiger charge is -2.04. The van der Waals surface area contributed by atoms with Crippen molar-refractivity contribution in [3.05, 3.63) is 34.2 Å². The molecule has 17 heavy (non-hydrogen) atoms. The largest absolute Gasteiger partial charge is 0.476 e. The highest BCUT2D eigenvalue weighted by Gasteiger charge is 2.18. The van der Waals surface area contributed by atoms with Crippen LogP contribution in [-0.4, -0.2) is 26.5 Å². The van der Waals surface area contributed by atoms with Gasteiger partial charge in [0, 0.05) is 4.47 Å². The summed E-state index contributed by atoms with van der Waals surface area (Å²) in [7, 11) is 0. The molecule has 0 aliphatic rings. The molecule has 1 aromatic carbocycles. The predicted octanol–water partition coefficient (Wildman–Crippen LogP) is 2.20. The van der Waals surface area contributed by atoms with Crippen LogP contribution in [0.15, 0.2) is 22.7 Å². The van der Waals surface area contributed by atoms with E-state index in [1.54, 1.807) is 6.07 Å². The molecule has 1 aromatic heterocycles. The Bertz CT molecular complexity index is 572. The predicted molar refractivity (Wildman–Crippen MR) is 57.5 cm³/mol. The van der Waals surface area contributed by atoms with Gasteiger partial charge in [-0.15, -0.1) is 5.10 Å². The molecule has 0 radical (unpaired) electrons. The highest BCUT2D eigenvalue weighted by atomic mass is 79.9. The lowest BCUT2D eigenvalue weighted by atomic mass is 10.3. The van der Waals surface area contributed by atoms with Crippen LogP contribution in [0.3, 0.4) is 0 Å². The van der Waals surface area contributed by atoms with Crippen LogP contribution in [0.1, 0.15) is 10.5 Å². The van der Waals surface area contributed by atoms with Gasteiger partial charge in [0.1, 0.15) is 0 Å². The molecule has 0 bridgehead atoms. The molecule has 88 valence electrons. The van der Waals surface area contributed by atoms with Gasteiger partial charge in [0.2, 0.25) is 5.69 Å². The van der Waals surface area contributed by atoms with Crippen molar-refractivity contribution >= 4 is 21.9 Å². The van der Waals surface area contributed by atoms with Crippen molar-refractivity contribution in [2.45, 2.75) is 0 Å². The number of hydrogen-bond acceptors (Lipinski definition) is 4. The zero-order chi connectivity index (χ0) is 12.4. The minimum absolute atomic E-state index is 0.123. The molecule has 0 amide bonds. The molecule has 0 aliphatic heterocycles. The van der Waals surface area contributed by atoms with Crippen LogP contribution in [0.4, 0.5) is 4.39 Å². The number of hydrogen-bond donors (Lipinski definition) is 2. The van der Waals surface area contributed by atoms with E-state index in [0.29, 0.717) is 4.47 Å². The summed E-state index contributed by atoms with van der Waals surface area (Å²) in [6, 6.07) is 4.11. The first-order valence-electron chi connectivity index (χ1n) is 4.35. The number of nitrogens with zero attached hydrogens (tertiary/aromatic N) is 2. The third-order valence-corrected chi connectivity index (χ3v) is 2.32. The van der Waals surface area contributed by atoms with E-state index in [-0.39, 0.29) is 11.6 Å². The lowest BCUT2D eigenvalue weighted by Crippen LogP contribution is -2.00. The van der Waals surface area contributed by atoms with Crippen molar-refractivity contribution in [1.82, 2.24) is 15.4 Å². The van der Waals surface area contributed by atoms with Gasteiger partial charge in [0.15, 0.2) is 11.6 Å². The van der Waals surface area contributed by atoms with Gasteiger partial charge in [-0.2, -0.15) is 0 Å². The molecule has 6 nitrogen and oxygen atoms in total. The van der Waals surface area contributed by atoms with Crippen molar-refractivity contribution in [3.8, 4) is 11.6 Å². The normalized spacial score (nSPS) is 10.2. The van der Waals surface area contributed by atoms with E-state index in [2.05, 4.69) is 31.3 Å². The minimum Gasteiger partial charge on any atom is -0.476 e. The second-order valence-electron chi connectivity index (χ2n) is 2.97. The van der Waals surface area contributed by atoms with Crippen LogP contribution in [0.2, 0.25) is 0 Å². The molecule has 0 aliphatic carbocycles. The van der Waals surface area contributed by atoms with Crippen LogP contribution in [0.5, 0.6) is 11.6 Å². The molecule has 2 N–H and O–H groups in total. The van der Waals surface area contributed by atoms with E-state index in [4.69, 9.17) is 9.84 Å². The lowest BCUT2D eigenvalue weighted by molar-refractivity contribution is 0.0687. The summed E-state index contributed by atoms with van der Waals surface area (Å²) in [5.41, 5.74) is -0.410. The molecule has 0 fully saturated rings. The Kier molecular flexibility index (Phi) is 3.05. The van der Waals surface area contributed by atoms with Gasteiger partial charge in [-0.25, -0.2) is 14.3 Å². The number of H-pyrrole nitrogens is 1. The Labute approximate surface area is 103 Å². The van der Waals surface area contributed by atoms with Gasteiger partial charge < -0.3 is 9.84 Å². The van der Waals surface area contributed by atoms with Crippen molar-refractivity contribution in [3.63, 3.8) is 0 Å². The van der Waals surface area contributed by atoms with Crippen molar-refractivity contribution in [1.29, 1.82) is 0 Å². The number of aromatic carboxylic acids is 1. The van der Waals surface area contributed by atoms with Crippen LogP contribution in [0.25, 0.3) is 0 Å². The second-order valence-corrected chi connectivity index (χ2v) is 3.89. The summed E-state index contributed by atoms with van der Waals surface area (Å²) in [5, 5.41) is 17.5. The summed E-state index contributed by atoms with van der Waals surface area (Å²) in [4.78, 5) is 10.7. The van der Waals surface area contributed by atoms with E-state index >= 15 is 0 Å². The Balaban J connectivity index is 2.31. The van der Waals surface area contributed by atoms with Crippen molar-refractivity contribution in [2.24, 2.45) is 0 Å². The quantitative estimate of drug-likeness (QED) is 0.907. The van der Waals surface area contributed by atoms with E-state index < -0.39 is 17.5 Å². The highest BCUT2D eigenvalue weighted by Crippen LogP contribution is 2.26. The first-order valence-corrected chi connectivity index (χ1v) is 5.14. The fourth-order valence-electron chi connectivity index (χ4n) is 1.10. The fraction of sp³-hybridized carbons (Fsp3) is 0. The summed E-state index contributed by atoms with van der Waals surface area (Å²) >= 11 is 3.09. The Morgan fingerprint density at radius 3 is 2.94 bits per heavy atom. The third-order valence-electron chi connectivity index (χ3n) is 1.83. The first kappa shape index (κ1) is 11.5. The molecule has 8 heteroatoms. The monoisotopic (exact) mass is 301 g/mol. The van der Waals surface area contributed by atoms with Gasteiger partial charge in [-0.3, -0.25) is 0 Å². The van der Waals surface area contributed by atoms with E-state index in [1.165, 1.54) is 12.1 Å². The molecular formula is C9H5BrFN3O3. The second kappa shape index (κ2) is 4.50. The standard InChI is InChI=1S/C9H5BrFN3O3/c10-4-1-2-6(5(11)3-4)17-8-7(9(15)16)12-14-13-8/h1-3H,(H,15,16)(H,12,13,14). The molecule has 0 unspecified atom stereocenters. The average Bonchev–Trinajstić information content (AvgIpc) is 2.70. The third kappa shape index (κ3) is 2.41. The number of rotatable bonds is 3. The Morgan fingerprint density at radius 2 is 2.29 bits per heavy atom. The summed E-state index contributed by atoms with van der Waals surface area (Å²) in [6.45, 7) is 0. The van der Waals surface area contributed by atoms with Gasteiger partial charge in [0.05, 0.1) is 0 Å². The minimum atomic E-state index is -1.31. The molecule has 0 spiro atoms. The molecule has 2 rings (SSSR count). The first-order chi connectivity index (χ1) is 8.08. The molecular weight excluding hydrogens is 297 g/mol. The van der Waals surface area contributed by atoms with E-state index in [0.717, 1.165) is 0 Å². The number of halogens is 2. The maximum absolute atomic E-state index is 13.4. The molecule has 0 saturated carbocycles. The number of aromatic amines is 1. The van der Waals surface area contributed by atoms with Crippen LogP contribution in [0, 0.1) is 5.82 Å². The zero-order valence-corrected chi connectivity index (χ0v) is 9.73. The van der Waals surface area contributed by atoms with E-state index in [1.807, 2.05) is 0 Å². The van der Waals surface area contributed by atoms with Gasteiger partial charge in [-0.05, 0) is 18.2 Å². The maximum Gasteiger partial charge on any atom is 0.362 e. The number of aromatic nitrogens is 3. The molecule has 2 aromatic rings. The topological polar surface area (TPSA) is 88.1 Å². The van der Waals surface area contributed by atoms with Gasteiger partial charge in [0.25, 0.3) is 5.88 Å². The summed E-state index contributed by atoms with van der Waals surface area (Å²) in [5.74, 6) is -2.29. The molecule has 1 heterocycles. The number of ether oxygens (including phenoxy) is 1. The van der Waals surface area contributed by atoms with Gasteiger partial charge in [-0.1, -0.05) is 21.1 Å². The van der Waals surface area contributed by atoms with Crippen LogP contribution >= 0.6 is 15.9 Å². The SMILES string of the molecule is O=C(O)c1nn[nH]c1Oc1ccc(Br)cc1F. The fourth-order valence-corrected chi connectivity index (χ4v) is 1.43. The number of nitrogens with one attached hydrogen (secondary N) is 1. The van der Waals surface area contributed by atoms with E-state index in [9.17, 15) is 9.18 Å². The molecule has 0 saturated heterocycles. The average molecular weight is 302 g/mol. The summed E-state index contributed by atoms with van der Waals surface area (Å²) in [6.07, 6.45) is 0. The highest BCUT2D eigenvalue weighted by molar-refractivity contribution is 9.10. The zero-order valence-electron chi connectivity index (χ0n) is 8.15.